The number of phenols is 1. The lowest BCUT2D eigenvalue weighted by Crippen LogP contribution is -2.35. The number of hydrogen-bond donors (Lipinski definition) is 1. The SMILES string of the molecule is Cc1oc(-n2cccc2)c(C#N)c1C(=O)N1CC=C(c2ccc(O)cc2)CC1. The van der Waals surface area contributed by atoms with Crippen LogP contribution in [0.2, 0.25) is 0 Å². The summed E-state index contributed by atoms with van der Waals surface area (Å²) in [6, 6.07) is 12.9. The summed E-state index contributed by atoms with van der Waals surface area (Å²) < 4.78 is 7.44. The molecule has 0 unspecified atom stereocenters. The number of phenolic OH excluding ortho intramolecular Hbond substituents is 1. The quantitative estimate of drug-likeness (QED) is 0.755. The van der Waals surface area contributed by atoms with Crippen LogP contribution in [-0.4, -0.2) is 33.6 Å². The zero-order chi connectivity index (χ0) is 19.7. The van der Waals surface area contributed by atoms with Crippen LogP contribution in [0.15, 0.2) is 59.3 Å². The van der Waals surface area contributed by atoms with E-state index in [4.69, 9.17) is 4.42 Å². The molecule has 6 heteroatoms. The summed E-state index contributed by atoms with van der Waals surface area (Å²) >= 11 is 0. The molecule has 0 saturated carbocycles. The normalized spacial score (nSPS) is 13.9. The van der Waals surface area contributed by atoms with Gasteiger partial charge in [0.15, 0.2) is 0 Å². The Balaban J connectivity index is 1.59. The molecule has 140 valence electrons. The third-order valence-electron chi connectivity index (χ3n) is 4.96. The van der Waals surface area contributed by atoms with E-state index in [0.717, 1.165) is 11.1 Å². The van der Waals surface area contributed by atoms with Crippen LogP contribution in [0.5, 0.6) is 5.75 Å². The van der Waals surface area contributed by atoms with Gasteiger partial charge in [0.2, 0.25) is 5.88 Å². The number of aromatic hydroxyl groups is 1. The number of amides is 1. The molecule has 0 bridgehead atoms. The molecule has 6 nitrogen and oxygen atoms in total. The number of hydrogen-bond acceptors (Lipinski definition) is 4. The fourth-order valence-corrected chi connectivity index (χ4v) is 3.49. The molecule has 0 spiro atoms. The molecule has 1 aliphatic heterocycles. The van der Waals surface area contributed by atoms with E-state index < -0.39 is 0 Å². The first kappa shape index (κ1) is 17.7. The molecule has 0 aliphatic carbocycles. The molecule has 0 fully saturated rings. The molecule has 2 aromatic heterocycles. The molecule has 4 rings (SSSR count). The van der Waals surface area contributed by atoms with Crippen LogP contribution in [0.25, 0.3) is 11.5 Å². The van der Waals surface area contributed by atoms with Gasteiger partial charge in [0.25, 0.3) is 5.91 Å². The number of nitrogens with zero attached hydrogens (tertiary/aromatic N) is 3. The minimum atomic E-state index is -0.197. The van der Waals surface area contributed by atoms with E-state index in [0.29, 0.717) is 36.7 Å². The Morgan fingerprint density at radius 1 is 1.21 bits per heavy atom. The highest BCUT2D eigenvalue weighted by Gasteiger charge is 2.29. The van der Waals surface area contributed by atoms with Gasteiger partial charge in [-0.3, -0.25) is 9.36 Å². The number of carbonyl (C=O) groups excluding carboxylic acids is 1. The molecule has 1 aliphatic rings. The molecule has 3 heterocycles. The number of aryl methyl sites for hydroxylation is 1. The Hall–Kier alpha value is -3.72. The van der Waals surface area contributed by atoms with Gasteiger partial charge < -0.3 is 14.4 Å². The Kier molecular flexibility index (Phi) is 4.50. The van der Waals surface area contributed by atoms with Gasteiger partial charge in [0.1, 0.15) is 28.7 Å². The number of aromatic nitrogens is 1. The number of furan rings is 1. The van der Waals surface area contributed by atoms with Crippen molar-refractivity contribution in [2.75, 3.05) is 13.1 Å². The van der Waals surface area contributed by atoms with Gasteiger partial charge in [0, 0.05) is 25.5 Å². The highest BCUT2D eigenvalue weighted by atomic mass is 16.4. The van der Waals surface area contributed by atoms with Gasteiger partial charge >= 0.3 is 0 Å². The van der Waals surface area contributed by atoms with Gasteiger partial charge in [-0.15, -0.1) is 0 Å². The number of nitriles is 1. The van der Waals surface area contributed by atoms with Gasteiger partial charge in [-0.2, -0.15) is 5.26 Å². The van der Waals surface area contributed by atoms with E-state index in [1.807, 2.05) is 30.3 Å². The predicted octanol–water partition coefficient (Wildman–Crippen LogP) is 3.89. The molecule has 0 radical (unpaired) electrons. The standard InChI is InChI=1S/C22H19N3O3/c1-15-20(19(14-23)22(28-15)25-10-2-3-11-25)21(27)24-12-8-17(9-13-24)16-4-6-18(26)7-5-16/h2-8,10-11,26H,9,12-13H2,1H3. The van der Waals surface area contributed by atoms with Crippen LogP contribution >= 0.6 is 0 Å². The van der Waals surface area contributed by atoms with Crippen molar-refractivity contribution in [3.63, 3.8) is 0 Å². The van der Waals surface area contributed by atoms with Crippen LogP contribution in [-0.2, 0) is 0 Å². The first-order valence-electron chi connectivity index (χ1n) is 9.03. The molecular formula is C22H19N3O3. The van der Waals surface area contributed by atoms with Gasteiger partial charge in [-0.1, -0.05) is 18.2 Å². The smallest absolute Gasteiger partial charge is 0.259 e. The van der Waals surface area contributed by atoms with E-state index in [9.17, 15) is 15.2 Å². The Bertz CT molecular complexity index is 1080. The summed E-state index contributed by atoms with van der Waals surface area (Å²) in [6.45, 7) is 2.73. The van der Waals surface area contributed by atoms with E-state index in [2.05, 4.69) is 6.07 Å². The van der Waals surface area contributed by atoms with Crippen molar-refractivity contribution in [1.29, 1.82) is 5.26 Å². The highest BCUT2D eigenvalue weighted by molar-refractivity contribution is 5.99. The lowest BCUT2D eigenvalue weighted by molar-refractivity contribution is 0.0771. The van der Waals surface area contributed by atoms with E-state index in [1.54, 1.807) is 40.9 Å². The topological polar surface area (TPSA) is 82.4 Å². The van der Waals surface area contributed by atoms with Crippen molar-refractivity contribution in [3.8, 4) is 17.7 Å². The summed E-state index contributed by atoms with van der Waals surface area (Å²) in [5, 5.41) is 19.1. The molecule has 1 amide bonds. The number of carbonyl (C=O) groups is 1. The first-order chi connectivity index (χ1) is 13.6. The molecule has 1 aromatic carbocycles. The average Bonchev–Trinajstić information content (AvgIpc) is 3.35. The lowest BCUT2D eigenvalue weighted by atomic mass is 9.98. The van der Waals surface area contributed by atoms with Gasteiger partial charge in [-0.25, -0.2) is 0 Å². The van der Waals surface area contributed by atoms with Crippen molar-refractivity contribution in [1.82, 2.24) is 9.47 Å². The van der Waals surface area contributed by atoms with Crippen LogP contribution in [0, 0.1) is 18.3 Å². The van der Waals surface area contributed by atoms with Crippen LogP contribution in [0.4, 0.5) is 0 Å². The second-order valence-corrected chi connectivity index (χ2v) is 6.69. The summed E-state index contributed by atoms with van der Waals surface area (Å²) in [4.78, 5) is 14.8. The Morgan fingerprint density at radius 3 is 2.54 bits per heavy atom. The van der Waals surface area contributed by atoms with Crippen molar-refractivity contribution in [2.24, 2.45) is 0 Å². The number of benzene rings is 1. The van der Waals surface area contributed by atoms with Gasteiger partial charge in [0.05, 0.1) is 0 Å². The summed E-state index contributed by atoms with van der Waals surface area (Å²) in [7, 11) is 0. The lowest BCUT2D eigenvalue weighted by Gasteiger charge is -2.26. The first-order valence-corrected chi connectivity index (χ1v) is 9.03. The fraction of sp³-hybridized carbons (Fsp3) is 0.182. The minimum absolute atomic E-state index is 0.197. The predicted molar refractivity (Wildman–Crippen MR) is 104 cm³/mol. The van der Waals surface area contributed by atoms with Crippen LogP contribution in [0.3, 0.4) is 0 Å². The minimum Gasteiger partial charge on any atom is -0.508 e. The Labute approximate surface area is 162 Å². The third kappa shape index (κ3) is 3.08. The fourth-order valence-electron chi connectivity index (χ4n) is 3.49. The van der Waals surface area contributed by atoms with Crippen molar-refractivity contribution < 1.29 is 14.3 Å². The second kappa shape index (κ2) is 7.12. The summed E-state index contributed by atoms with van der Waals surface area (Å²) in [6.07, 6.45) is 6.28. The van der Waals surface area contributed by atoms with Crippen molar-refractivity contribution in [2.45, 2.75) is 13.3 Å². The third-order valence-corrected chi connectivity index (χ3v) is 4.96. The zero-order valence-corrected chi connectivity index (χ0v) is 15.4. The monoisotopic (exact) mass is 373 g/mol. The van der Waals surface area contributed by atoms with Crippen LogP contribution in [0.1, 0.15) is 33.7 Å². The summed E-state index contributed by atoms with van der Waals surface area (Å²) in [5.41, 5.74) is 2.76. The van der Waals surface area contributed by atoms with Crippen molar-refractivity contribution in [3.05, 3.63) is 77.3 Å². The van der Waals surface area contributed by atoms with Crippen molar-refractivity contribution >= 4 is 11.5 Å². The maximum atomic E-state index is 13.1. The van der Waals surface area contributed by atoms with Crippen LogP contribution < -0.4 is 0 Å². The van der Waals surface area contributed by atoms with E-state index >= 15 is 0 Å². The molecule has 0 atom stereocenters. The average molecular weight is 373 g/mol. The highest BCUT2D eigenvalue weighted by Crippen LogP contribution is 2.29. The maximum Gasteiger partial charge on any atom is 0.259 e. The van der Waals surface area contributed by atoms with E-state index in [1.165, 1.54) is 0 Å². The molecular weight excluding hydrogens is 354 g/mol. The summed E-state index contributed by atoms with van der Waals surface area (Å²) in [5.74, 6) is 0.844. The molecule has 3 aromatic rings. The van der Waals surface area contributed by atoms with Gasteiger partial charge in [-0.05, 0) is 48.7 Å². The number of rotatable bonds is 3. The largest absolute Gasteiger partial charge is 0.508 e. The molecule has 1 N–H and O–H groups in total. The second-order valence-electron chi connectivity index (χ2n) is 6.69. The molecule has 28 heavy (non-hydrogen) atoms. The molecule has 0 saturated heterocycles. The maximum absolute atomic E-state index is 13.1. The van der Waals surface area contributed by atoms with E-state index in [-0.39, 0.29) is 17.2 Å². The zero-order valence-electron chi connectivity index (χ0n) is 15.4. The Morgan fingerprint density at radius 2 is 1.93 bits per heavy atom.